The summed E-state index contributed by atoms with van der Waals surface area (Å²) >= 11 is 0. The van der Waals surface area contributed by atoms with E-state index in [1.54, 1.807) is 0 Å². The van der Waals surface area contributed by atoms with Crippen molar-refractivity contribution in [3.8, 4) is 0 Å². The molecule has 84 valence electrons. The first kappa shape index (κ1) is 13.1. The van der Waals surface area contributed by atoms with Gasteiger partial charge in [-0.3, -0.25) is 0 Å². The number of hydrogen-bond donors (Lipinski definition) is 1. The predicted molar refractivity (Wildman–Crippen MR) is 72.3 cm³/mol. The summed E-state index contributed by atoms with van der Waals surface area (Å²) < 4.78 is 5.17. The van der Waals surface area contributed by atoms with Gasteiger partial charge in [-0.05, 0) is 32.3 Å². The summed E-state index contributed by atoms with van der Waals surface area (Å²) in [5.74, 6) is 0. The van der Waals surface area contributed by atoms with E-state index in [9.17, 15) is 0 Å². The first-order valence-electron chi connectivity index (χ1n) is 6.52. The monoisotopic (exact) mass is 207 g/mol. The molecule has 0 aliphatic carbocycles. The van der Waals surface area contributed by atoms with Crippen molar-refractivity contribution >= 4 is 22.1 Å². The lowest BCUT2D eigenvalue weighted by molar-refractivity contribution is 0.516. The van der Waals surface area contributed by atoms with Gasteiger partial charge >= 0.3 is 0 Å². The van der Waals surface area contributed by atoms with Crippen molar-refractivity contribution in [3.63, 3.8) is 0 Å². The third kappa shape index (κ3) is 3.85. The molecule has 1 fully saturated rings. The summed E-state index contributed by atoms with van der Waals surface area (Å²) in [6.07, 6.45) is 5.09. The maximum atomic E-state index is 3.49. The second-order valence-corrected chi connectivity index (χ2v) is 4.46. The third-order valence-electron chi connectivity index (χ3n) is 3.04. The molecule has 1 aliphatic heterocycles. The Morgan fingerprint density at radius 1 is 0.933 bits per heavy atom. The maximum absolute atomic E-state index is 3.49. The first-order valence-corrected chi connectivity index (χ1v) is 6.52. The van der Waals surface area contributed by atoms with Gasteiger partial charge in [0.1, 0.15) is 0 Å². The Morgan fingerprint density at radius 2 is 1.47 bits per heavy atom. The summed E-state index contributed by atoms with van der Waals surface area (Å²) in [5, 5.41) is 3.49. The fourth-order valence-corrected chi connectivity index (χ4v) is 2.43. The summed E-state index contributed by atoms with van der Waals surface area (Å²) in [4.78, 5) is 0. The summed E-state index contributed by atoms with van der Waals surface area (Å²) in [6.45, 7) is 9.94. The molecule has 3 nitrogen and oxygen atoms in total. The molecule has 0 radical (unpaired) electrons. The van der Waals surface area contributed by atoms with Gasteiger partial charge in [0.05, 0.1) is 0 Å². The summed E-state index contributed by atoms with van der Waals surface area (Å²) in [5.41, 5.74) is 0. The van der Waals surface area contributed by atoms with Crippen molar-refractivity contribution in [2.45, 2.75) is 46.4 Å². The van der Waals surface area contributed by atoms with E-state index in [0.717, 1.165) is 15.1 Å². The minimum atomic E-state index is 0.677. The fourth-order valence-electron chi connectivity index (χ4n) is 2.43. The van der Waals surface area contributed by atoms with Crippen LogP contribution in [0.25, 0.3) is 0 Å². The average Bonchev–Trinajstić information content (AvgIpc) is 2.23. The molecule has 0 amide bonds. The molecule has 0 aromatic carbocycles. The van der Waals surface area contributed by atoms with Gasteiger partial charge in [-0.1, -0.05) is 27.2 Å². The van der Waals surface area contributed by atoms with Crippen molar-refractivity contribution in [1.82, 2.24) is 14.6 Å². The van der Waals surface area contributed by atoms with Gasteiger partial charge in [0.15, 0.2) is 0 Å². The molecule has 1 saturated heterocycles. The van der Waals surface area contributed by atoms with E-state index in [4.69, 9.17) is 0 Å². The Balaban J connectivity index is 2.53. The number of rotatable bonds is 6. The molecular formula is C9H24B3N3. The standard InChI is InChI=1S/C9H24B3N3/c1-4-7-12-14(8-5-2)10-13-11-15(12)9-6-3/h10-11,13H,4-9H2,1-3H3. The van der Waals surface area contributed by atoms with Crippen molar-refractivity contribution in [1.29, 1.82) is 0 Å². The largest absolute Gasteiger partial charge is 0.377 e. The highest BCUT2D eigenvalue weighted by atomic mass is 15.2. The van der Waals surface area contributed by atoms with Crippen LogP contribution in [0.3, 0.4) is 0 Å². The molecule has 1 heterocycles. The molecule has 0 aromatic heterocycles. The van der Waals surface area contributed by atoms with Crippen LogP contribution in [0.1, 0.15) is 40.0 Å². The van der Waals surface area contributed by atoms with Crippen LogP contribution >= 0.6 is 0 Å². The maximum Gasteiger partial charge on any atom is 0.289 e. The molecule has 0 unspecified atom stereocenters. The van der Waals surface area contributed by atoms with Crippen LogP contribution in [-0.2, 0) is 0 Å². The number of hydrogen-bond acceptors (Lipinski definition) is 3. The van der Waals surface area contributed by atoms with Gasteiger partial charge < -0.3 is 14.6 Å². The molecule has 0 atom stereocenters. The molecule has 15 heavy (non-hydrogen) atoms. The Bertz CT molecular complexity index is 153. The van der Waals surface area contributed by atoms with Crippen LogP contribution < -0.4 is 5.14 Å². The highest BCUT2D eigenvalue weighted by Crippen LogP contribution is 2.10. The highest BCUT2D eigenvalue weighted by Gasteiger charge is 2.32. The second-order valence-electron chi connectivity index (χ2n) is 4.46. The lowest BCUT2D eigenvalue weighted by Gasteiger charge is -2.41. The zero-order valence-electron chi connectivity index (χ0n) is 10.6. The van der Waals surface area contributed by atoms with Gasteiger partial charge in [0, 0.05) is 0 Å². The molecule has 0 bridgehead atoms. The van der Waals surface area contributed by atoms with E-state index in [1.165, 1.54) is 38.7 Å². The van der Waals surface area contributed by atoms with Gasteiger partial charge in [-0.25, -0.2) is 0 Å². The van der Waals surface area contributed by atoms with E-state index in [0.29, 0.717) is 6.98 Å². The van der Waals surface area contributed by atoms with Gasteiger partial charge in [-0.15, -0.1) is 0 Å². The molecule has 0 saturated carbocycles. The van der Waals surface area contributed by atoms with E-state index in [2.05, 4.69) is 35.4 Å². The van der Waals surface area contributed by atoms with Crippen molar-refractivity contribution < 1.29 is 0 Å². The molecule has 1 aliphatic rings. The topological polar surface area (TPSA) is 18.5 Å². The molecule has 6 heteroatoms. The summed E-state index contributed by atoms with van der Waals surface area (Å²) in [7, 11) is 2.14. The van der Waals surface area contributed by atoms with Crippen molar-refractivity contribution in [2.75, 3.05) is 13.1 Å². The van der Waals surface area contributed by atoms with E-state index < -0.39 is 0 Å². The summed E-state index contributed by atoms with van der Waals surface area (Å²) in [6, 6.07) is 0. The Hall–Kier alpha value is 0.0748. The SMILES string of the molecule is CCCB1N(CCC)BNBN1CCC. The van der Waals surface area contributed by atoms with E-state index in [-0.39, 0.29) is 0 Å². The average molecular weight is 207 g/mol. The third-order valence-corrected chi connectivity index (χ3v) is 3.04. The number of nitrogens with zero attached hydrogens (tertiary/aromatic N) is 2. The predicted octanol–water partition coefficient (Wildman–Crippen LogP) is 0.445. The molecule has 0 spiro atoms. The Labute approximate surface area is 96.7 Å². The van der Waals surface area contributed by atoms with Crippen LogP contribution in [0.5, 0.6) is 0 Å². The number of nitrogens with one attached hydrogen (secondary N) is 1. The minimum absolute atomic E-state index is 0.677. The molecule has 1 N–H and O–H groups in total. The van der Waals surface area contributed by atoms with Crippen molar-refractivity contribution in [2.24, 2.45) is 0 Å². The van der Waals surface area contributed by atoms with E-state index >= 15 is 0 Å². The van der Waals surface area contributed by atoms with Gasteiger partial charge in [-0.2, -0.15) is 0 Å². The van der Waals surface area contributed by atoms with Crippen LogP contribution in [0.15, 0.2) is 0 Å². The smallest absolute Gasteiger partial charge is 0.289 e. The zero-order valence-corrected chi connectivity index (χ0v) is 10.6. The van der Waals surface area contributed by atoms with Crippen LogP contribution in [0.4, 0.5) is 0 Å². The van der Waals surface area contributed by atoms with Crippen LogP contribution in [-0.4, -0.2) is 44.6 Å². The van der Waals surface area contributed by atoms with Gasteiger partial charge in [0.25, 0.3) is 22.1 Å². The lowest BCUT2D eigenvalue weighted by atomic mass is 9.56. The lowest BCUT2D eigenvalue weighted by Crippen LogP contribution is -2.66. The fraction of sp³-hybridized carbons (Fsp3) is 1.00. The molecule has 1 rings (SSSR count). The first-order chi connectivity index (χ1) is 7.33. The normalized spacial score (nSPS) is 18.7. The van der Waals surface area contributed by atoms with E-state index in [1.807, 2.05) is 0 Å². The van der Waals surface area contributed by atoms with Crippen LogP contribution in [0, 0.1) is 0 Å². The van der Waals surface area contributed by atoms with Crippen molar-refractivity contribution in [3.05, 3.63) is 0 Å². The highest BCUT2D eigenvalue weighted by molar-refractivity contribution is 6.74. The minimum Gasteiger partial charge on any atom is -0.377 e. The molecule has 0 aromatic rings. The Kier molecular flexibility index (Phi) is 6.45. The Morgan fingerprint density at radius 3 is 1.87 bits per heavy atom. The van der Waals surface area contributed by atoms with Gasteiger partial charge in [0.2, 0.25) is 0 Å². The van der Waals surface area contributed by atoms with Crippen LogP contribution in [0.2, 0.25) is 6.32 Å². The molecular weight excluding hydrogens is 183 g/mol. The zero-order chi connectivity index (χ0) is 11.1. The second kappa shape index (κ2) is 7.36. The quantitative estimate of drug-likeness (QED) is 0.637.